The average molecular weight is 310 g/mol. The molecule has 0 fully saturated rings. The van der Waals surface area contributed by atoms with Gasteiger partial charge in [-0.05, 0) is 34.8 Å². The van der Waals surface area contributed by atoms with Crippen molar-refractivity contribution in [1.29, 1.82) is 0 Å². The summed E-state index contributed by atoms with van der Waals surface area (Å²) >= 11 is 6.37. The summed E-state index contributed by atoms with van der Waals surface area (Å²) in [4.78, 5) is 13.8. The van der Waals surface area contributed by atoms with Gasteiger partial charge in [0.05, 0.1) is 11.4 Å². The molecule has 2 aromatic rings. The largest absolute Gasteiger partial charge is 0.298 e. The Balaban J connectivity index is 1.88. The van der Waals surface area contributed by atoms with E-state index >= 15 is 0 Å². The van der Waals surface area contributed by atoms with Gasteiger partial charge in [-0.2, -0.15) is 4.80 Å². The van der Waals surface area contributed by atoms with Crippen molar-refractivity contribution in [2.24, 2.45) is 5.92 Å². The van der Waals surface area contributed by atoms with E-state index in [1.807, 2.05) is 5.38 Å². The summed E-state index contributed by atoms with van der Waals surface area (Å²) in [5.74, 6) is 0.428. The first kappa shape index (κ1) is 14.5. The molecule has 9 heteroatoms. The number of nitrogens with zero attached hydrogens (tertiary/aromatic N) is 4. The monoisotopic (exact) mass is 310 g/mol. The number of carbonyl (C=O) groups is 1. The molecule has 2 aromatic heterocycles. The number of hydrogen-bond acceptors (Lipinski definition) is 6. The molecular weight excluding hydrogens is 296 g/mol. The first-order valence-electron chi connectivity index (χ1n) is 5.98. The lowest BCUT2D eigenvalue weighted by Gasteiger charge is -2.04. The molecule has 0 aliphatic carbocycles. The van der Waals surface area contributed by atoms with Gasteiger partial charge in [0.15, 0.2) is 5.11 Å². The molecule has 20 heavy (non-hydrogen) atoms. The second-order valence-corrected chi connectivity index (χ2v) is 5.80. The van der Waals surface area contributed by atoms with Crippen molar-refractivity contribution in [1.82, 2.24) is 25.5 Å². The van der Waals surface area contributed by atoms with E-state index in [2.05, 4.69) is 39.9 Å². The molecule has 0 spiro atoms. The van der Waals surface area contributed by atoms with Crippen molar-refractivity contribution < 1.29 is 4.79 Å². The van der Waals surface area contributed by atoms with Crippen LogP contribution in [0.3, 0.4) is 0 Å². The molecule has 0 saturated carbocycles. The van der Waals surface area contributed by atoms with Gasteiger partial charge in [-0.15, -0.1) is 16.4 Å². The van der Waals surface area contributed by atoms with Crippen LogP contribution >= 0.6 is 23.6 Å². The number of thiophene rings is 1. The van der Waals surface area contributed by atoms with E-state index in [4.69, 9.17) is 12.2 Å². The lowest BCUT2D eigenvalue weighted by molar-refractivity contribution is 0.0981. The molecule has 0 aliphatic rings. The Morgan fingerprint density at radius 1 is 1.55 bits per heavy atom. The second-order valence-electron chi connectivity index (χ2n) is 4.45. The summed E-state index contributed by atoms with van der Waals surface area (Å²) in [7, 11) is 0. The van der Waals surface area contributed by atoms with Gasteiger partial charge in [-0.1, -0.05) is 25.0 Å². The van der Waals surface area contributed by atoms with Crippen molar-refractivity contribution in [2.75, 3.05) is 5.32 Å². The molecular formula is C11H14N6OS2. The number of rotatable bonds is 4. The molecule has 7 nitrogen and oxygen atoms in total. The highest BCUT2D eigenvalue weighted by Crippen LogP contribution is 2.07. The summed E-state index contributed by atoms with van der Waals surface area (Å²) in [5, 5.41) is 19.1. The molecule has 0 aliphatic heterocycles. The van der Waals surface area contributed by atoms with E-state index in [1.165, 1.54) is 16.1 Å². The zero-order valence-electron chi connectivity index (χ0n) is 11.0. The van der Waals surface area contributed by atoms with Crippen LogP contribution in [0.15, 0.2) is 17.5 Å². The zero-order valence-corrected chi connectivity index (χ0v) is 12.7. The number of thiocarbonyl (C=S) groups is 1. The molecule has 2 N–H and O–H groups in total. The second kappa shape index (κ2) is 6.53. The number of aromatic nitrogens is 4. The van der Waals surface area contributed by atoms with Gasteiger partial charge in [-0.3, -0.25) is 15.4 Å². The standard InChI is InChI=1S/C11H14N6OS2/c1-7(2)6-17-15-10(14-16-17)13-11(19)12-9(18)8-4-3-5-20-8/h3-5,7H,6H2,1-2H3,(H2,12,13,15,18,19). The Labute approximate surface area is 125 Å². The first-order valence-corrected chi connectivity index (χ1v) is 7.27. The number of hydrogen-bond donors (Lipinski definition) is 2. The first-order chi connectivity index (χ1) is 9.54. The Morgan fingerprint density at radius 2 is 2.35 bits per heavy atom. The van der Waals surface area contributed by atoms with E-state index in [0.29, 0.717) is 17.3 Å². The van der Waals surface area contributed by atoms with Gasteiger partial charge >= 0.3 is 0 Å². The minimum absolute atomic E-state index is 0.146. The van der Waals surface area contributed by atoms with Gasteiger partial charge in [0.2, 0.25) is 0 Å². The molecule has 0 atom stereocenters. The lowest BCUT2D eigenvalue weighted by atomic mass is 10.2. The van der Waals surface area contributed by atoms with Crippen LogP contribution in [-0.4, -0.2) is 31.2 Å². The van der Waals surface area contributed by atoms with Crippen molar-refractivity contribution in [3.8, 4) is 0 Å². The fourth-order valence-electron chi connectivity index (χ4n) is 1.40. The molecule has 2 rings (SSSR count). The molecule has 2 heterocycles. The van der Waals surface area contributed by atoms with Crippen molar-refractivity contribution in [3.63, 3.8) is 0 Å². The van der Waals surface area contributed by atoms with Gasteiger partial charge < -0.3 is 0 Å². The van der Waals surface area contributed by atoms with Crippen LogP contribution in [0.1, 0.15) is 23.5 Å². The quantitative estimate of drug-likeness (QED) is 0.833. The van der Waals surface area contributed by atoms with E-state index in [9.17, 15) is 4.79 Å². The summed E-state index contributed by atoms with van der Waals surface area (Å²) in [6, 6.07) is 3.52. The van der Waals surface area contributed by atoms with Crippen LogP contribution < -0.4 is 10.6 Å². The van der Waals surface area contributed by atoms with Gasteiger partial charge in [0, 0.05) is 0 Å². The molecule has 0 unspecified atom stereocenters. The highest BCUT2D eigenvalue weighted by Gasteiger charge is 2.10. The van der Waals surface area contributed by atoms with E-state index in [0.717, 1.165) is 0 Å². The number of tetrazole rings is 1. The van der Waals surface area contributed by atoms with Crippen LogP contribution in [0.4, 0.5) is 5.95 Å². The maximum absolute atomic E-state index is 11.8. The number of nitrogens with one attached hydrogen (secondary N) is 2. The zero-order chi connectivity index (χ0) is 14.5. The Hall–Kier alpha value is -1.87. The maximum atomic E-state index is 11.8. The highest BCUT2D eigenvalue weighted by atomic mass is 32.1. The normalized spacial score (nSPS) is 10.6. The molecule has 0 saturated heterocycles. The lowest BCUT2D eigenvalue weighted by Crippen LogP contribution is -2.34. The van der Waals surface area contributed by atoms with Gasteiger partial charge in [-0.25, -0.2) is 0 Å². The van der Waals surface area contributed by atoms with Crippen LogP contribution in [0.5, 0.6) is 0 Å². The fraction of sp³-hybridized carbons (Fsp3) is 0.364. The summed E-state index contributed by atoms with van der Waals surface area (Å²) in [5.41, 5.74) is 0. The summed E-state index contributed by atoms with van der Waals surface area (Å²) in [6.07, 6.45) is 0. The van der Waals surface area contributed by atoms with E-state index < -0.39 is 0 Å². The van der Waals surface area contributed by atoms with Crippen LogP contribution in [0, 0.1) is 5.92 Å². The van der Waals surface area contributed by atoms with E-state index in [-0.39, 0.29) is 17.0 Å². The van der Waals surface area contributed by atoms with Crippen molar-refractivity contribution in [2.45, 2.75) is 20.4 Å². The summed E-state index contributed by atoms with van der Waals surface area (Å²) in [6.45, 7) is 4.79. The number of carbonyl (C=O) groups excluding carboxylic acids is 1. The minimum atomic E-state index is -0.257. The SMILES string of the molecule is CC(C)Cn1nnc(NC(=S)NC(=O)c2cccs2)n1. The van der Waals surface area contributed by atoms with Crippen molar-refractivity contribution in [3.05, 3.63) is 22.4 Å². The summed E-state index contributed by atoms with van der Waals surface area (Å²) < 4.78 is 0. The molecule has 1 amide bonds. The number of anilines is 1. The number of amides is 1. The topological polar surface area (TPSA) is 84.7 Å². The third-order valence-corrected chi connectivity index (χ3v) is 3.25. The van der Waals surface area contributed by atoms with Gasteiger partial charge in [0.1, 0.15) is 0 Å². The van der Waals surface area contributed by atoms with E-state index in [1.54, 1.807) is 12.1 Å². The molecule has 106 valence electrons. The molecule has 0 aromatic carbocycles. The fourth-order valence-corrected chi connectivity index (χ4v) is 2.21. The Morgan fingerprint density at radius 3 is 3.00 bits per heavy atom. The highest BCUT2D eigenvalue weighted by molar-refractivity contribution is 7.80. The third-order valence-electron chi connectivity index (χ3n) is 2.18. The molecule has 0 radical (unpaired) electrons. The maximum Gasteiger partial charge on any atom is 0.269 e. The Bertz CT molecular complexity index is 592. The van der Waals surface area contributed by atoms with Crippen LogP contribution in [0.2, 0.25) is 0 Å². The average Bonchev–Trinajstić information content (AvgIpc) is 2.99. The predicted octanol–water partition coefficient (Wildman–Crippen LogP) is 1.52. The minimum Gasteiger partial charge on any atom is -0.298 e. The predicted molar refractivity (Wildman–Crippen MR) is 80.7 cm³/mol. The molecule has 0 bridgehead atoms. The third kappa shape index (κ3) is 4.07. The smallest absolute Gasteiger partial charge is 0.269 e. The Kier molecular flexibility index (Phi) is 4.74. The van der Waals surface area contributed by atoms with Crippen LogP contribution in [-0.2, 0) is 6.54 Å². The van der Waals surface area contributed by atoms with Crippen LogP contribution in [0.25, 0.3) is 0 Å². The van der Waals surface area contributed by atoms with Crippen molar-refractivity contribution >= 4 is 40.5 Å². The van der Waals surface area contributed by atoms with Gasteiger partial charge in [0.25, 0.3) is 11.9 Å².